The zero-order valence-electron chi connectivity index (χ0n) is 19.4. The minimum absolute atomic E-state index is 0.116. The molecule has 0 saturated carbocycles. The predicted octanol–water partition coefficient (Wildman–Crippen LogP) is 2.00. The van der Waals surface area contributed by atoms with Crippen molar-refractivity contribution >= 4 is 17.9 Å². The van der Waals surface area contributed by atoms with Crippen molar-refractivity contribution in [2.75, 3.05) is 13.2 Å². The summed E-state index contributed by atoms with van der Waals surface area (Å²) in [5.41, 5.74) is 0.0191. The van der Waals surface area contributed by atoms with Gasteiger partial charge in [0.1, 0.15) is 23.4 Å². The summed E-state index contributed by atoms with van der Waals surface area (Å²) in [4.78, 5) is 39.5. The number of ether oxygens (including phenoxy) is 1. The number of aliphatic hydroxyl groups excluding tert-OH is 1. The lowest BCUT2D eigenvalue weighted by molar-refractivity contribution is -0.143. The van der Waals surface area contributed by atoms with Crippen LogP contribution >= 0.6 is 0 Å². The highest BCUT2D eigenvalue weighted by atomic mass is 16.6. The molecule has 0 aliphatic carbocycles. The molecule has 1 aromatic rings. The molecule has 1 rings (SSSR count). The summed E-state index contributed by atoms with van der Waals surface area (Å²) in [6.45, 7) is 11.2. The number of aryl methyl sites for hydroxylation is 1. The SMILES string of the molecule is Cc1cccc(C(C(=O)NC(C)C)N(CCO)C(=O)C(C)NC(=O)OC(C)(C)C)c1O. The molecule has 4 N–H and O–H groups in total. The number of hydrogen-bond acceptors (Lipinski definition) is 6. The summed E-state index contributed by atoms with van der Waals surface area (Å²) in [5, 5.41) is 25.4. The number of alkyl carbamates (subject to hydrolysis) is 1. The average Bonchev–Trinajstić information content (AvgIpc) is 2.61. The monoisotopic (exact) mass is 437 g/mol. The standard InChI is InChI=1S/C22H35N3O6/c1-13(2)23-19(28)17(16-10-8-9-14(3)18(16)27)25(11-12-26)20(29)15(4)24-21(30)31-22(5,6)7/h8-10,13,15,17,26-27H,11-12H2,1-7H3,(H,23,28)(H,24,30). The quantitative estimate of drug-likeness (QED) is 0.492. The molecule has 31 heavy (non-hydrogen) atoms. The molecule has 2 unspecified atom stereocenters. The number of aliphatic hydroxyl groups is 1. The second kappa shape index (κ2) is 11.0. The van der Waals surface area contributed by atoms with Gasteiger partial charge in [0.15, 0.2) is 0 Å². The van der Waals surface area contributed by atoms with Crippen molar-refractivity contribution in [2.24, 2.45) is 0 Å². The van der Waals surface area contributed by atoms with E-state index in [1.54, 1.807) is 59.7 Å². The molecule has 0 aliphatic rings. The van der Waals surface area contributed by atoms with E-state index in [0.717, 1.165) is 4.90 Å². The third-order valence-electron chi connectivity index (χ3n) is 4.28. The Hall–Kier alpha value is -2.81. The number of carbonyl (C=O) groups is 3. The van der Waals surface area contributed by atoms with Gasteiger partial charge < -0.3 is 30.5 Å². The van der Waals surface area contributed by atoms with Gasteiger partial charge in [-0.25, -0.2) is 4.79 Å². The number of phenolic OH excluding ortho intramolecular Hbond substituents is 1. The van der Waals surface area contributed by atoms with Crippen LogP contribution in [0.15, 0.2) is 18.2 Å². The molecule has 0 aliphatic heterocycles. The second-order valence-electron chi connectivity index (χ2n) is 8.70. The van der Waals surface area contributed by atoms with E-state index >= 15 is 0 Å². The van der Waals surface area contributed by atoms with Crippen LogP contribution in [0.3, 0.4) is 0 Å². The zero-order valence-corrected chi connectivity index (χ0v) is 19.4. The second-order valence-corrected chi connectivity index (χ2v) is 8.70. The van der Waals surface area contributed by atoms with Gasteiger partial charge in [0.05, 0.1) is 6.61 Å². The van der Waals surface area contributed by atoms with Crippen LogP contribution in [0, 0.1) is 6.92 Å². The van der Waals surface area contributed by atoms with Gasteiger partial charge in [-0.2, -0.15) is 0 Å². The van der Waals surface area contributed by atoms with E-state index in [1.807, 2.05) is 0 Å². The van der Waals surface area contributed by atoms with Gasteiger partial charge in [0.2, 0.25) is 11.8 Å². The van der Waals surface area contributed by atoms with Gasteiger partial charge in [-0.15, -0.1) is 0 Å². The first-order valence-corrected chi connectivity index (χ1v) is 10.3. The molecule has 3 amide bonds. The van der Waals surface area contributed by atoms with Crippen molar-refractivity contribution in [2.45, 2.75) is 72.2 Å². The van der Waals surface area contributed by atoms with Gasteiger partial charge in [-0.1, -0.05) is 18.2 Å². The molecule has 1 aromatic carbocycles. The first kappa shape index (κ1) is 26.2. The van der Waals surface area contributed by atoms with Crippen molar-refractivity contribution in [1.29, 1.82) is 0 Å². The maximum Gasteiger partial charge on any atom is 0.408 e. The van der Waals surface area contributed by atoms with Crippen molar-refractivity contribution in [1.82, 2.24) is 15.5 Å². The van der Waals surface area contributed by atoms with E-state index < -0.39 is 42.2 Å². The largest absolute Gasteiger partial charge is 0.507 e. The van der Waals surface area contributed by atoms with Gasteiger partial charge in [0.25, 0.3) is 0 Å². The van der Waals surface area contributed by atoms with Crippen LogP contribution in [0.2, 0.25) is 0 Å². The van der Waals surface area contributed by atoms with Crippen LogP contribution in [0.5, 0.6) is 5.75 Å². The van der Waals surface area contributed by atoms with Gasteiger partial charge in [-0.3, -0.25) is 9.59 Å². The molecule has 2 atom stereocenters. The molecule has 174 valence electrons. The molecular formula is C22H35N3O6. The summed E-state index contributed by atoms with van der Waals surface area (Å²) in [5.74, 6) is -1.23. The van der Waals surface area contributed by atoms with E-state index in [-0.39, 0.29) is 23.9 Å². The molecule has 0 fully saturated rings. The summed E-state index contributed by atoms with van der Waals surface area (Å²) in [7, 11) is 0. The number of nitrogens with one attached hydrogen (secondary N) is 2. The molecule has 0 spiro atoms. The van der Waals surface area contributed by atoms with E-state index in [2.05, 4.69) is 10.6 Å². The van der Waals surface area contributed by atoms with Gasteiger partial charge in [0, 0.05) is 18.2 Å². The molecule has 0 aromatic heterocycles. The first-order chi connectivity index (χ1) is 14.3. The number of aromatic hydroxyl groups is 1. The van der Waals surface area contributed by atoms with Crippen LogP contribution in [-0.2, 0) is 14.3 Å². The highest BCUT2D eigenvalue weighted by Gasteiger charge is 2.36. The van der Waals surface area contributed by atoms with E-state index in [1.165, 1.54) is 6.92 Å². The fraction of sp³-hybridized carbons (Fsp3) is 0.591. The Balaban J connectivity index is 3.32. The number of rotatable bonds is 8. The third kappa shape index (κ3) is 7.75. The number of phenols is 1. The van der Waals surface area contributed by atoms with Crippen molar-refractivity contribution in [3.05, 3.63) is 29.3 Å². The lowest BCUT2D eigenvalue weighted by Crippen LogP contribution is -2.53. The van der Waals surface area contributed by atoms with Crippen molar-refractivity contribution in [3.63, 3.8) is 0 Å². The predicted molar refractivity (Wildman–Crippen MR) is 116 cm³/mol. The van der Waals surface area contributed by atoms with Crippen molar-refractivity contribution < 1.29 is 29.3 Å². The van der Waals surface area contributed by atoms with Crippen LogP contribution in [0.1, 0.15) is 58.7 Å². The van der Waals surface area contributed by atoms with Gasteiger partial charge in [-0.05, 0) is 54.0 Å². The van der Waals surface area contributed by atoms with Crippen molar-refractivity contribution in [3.8, 4) is 5.75 Å². The first-order valence-electron chi connectivity index (χ1n) is 10.3. The molecule has 0 radical (unpaired) electrons. The Morgan fingerprint density at radius 2 is 1.74 bits per heavy atom. The number of benzene rings is 1. The average molecular weight is 438 g/mol. The lowest BCUT2D eigenvalue weighted by Gasteiger charge is -2.34. The smallest absolute Gasteiger partial charge is 0.408 e. The Morgan fingerprint density at radius 3 is 2.26 bits per heavy atom. The topological polar surface area (TPSA) is 128 Å². The molecular weight excluding hydrogens is 402 g/mol. The fourth-order valence-corrected chi connectivity index (χ4v) is 2.99. The van der Waals surface area contributed by atoms with E-state index in [4.69, 9.17) is 4.74 Å². The number of hydrogen-bond donors (Lipinski definition) is 4. The minimum Gasteiger partial charge on any atom is -0.507 e. The summed E-state index contributed by atoms with van der Waals surface area (Å²) >= 11 is 0. The lowest BCUT2D eigenvalue weighted by atomic mass is 9.99. The van der Waals surface area contributed by atoms with Crippen LogP contribution in [-0.4, -0.2) is 63.9 Å². The minimum atomic E-state index is -1.20. The maximum absolute atomic E-state index is 13.2. The Morgan fingerprint density at radius 1 is 1.13 bits per heavy atom. The number of amides is 3. The maximum atomic E-state index is 13.2. The molecule has 0 saturated heterocycles. The third-order valence-corrected chi connectivity index (χ3v) is 4.28. The molecule has 9 heteroatoms. The zero-order chi connectivity index (χ0) is 23.9. The summed E-state index contributed by atoms with van der Waals surface area (Å²) in [6.07, 6.45) is -0.779. The Labute approximate surface area is 183 Å². The number of para-hydroxylation sites is 1. The molecule has 9 nitrogen and oxygen atoms in total. The van der Waals surface area contributed by atoms with Gasteiger partial charge >= 0.3 is 6.09 Å². The van der Waals surface area contributed by atoms with Crippen LogP contribution in [0.25, 0.3) is 0 Å². The Bertz CT molecular complexity index is 788. The highest BCUT2D eigenvalue weighted by Crippen LogP contribution is 2.32. The van der Waals surface area contributed by atoms with E-state index in [9.17, 15) is 24.6 Å². The summed E-state index contributed by atoms with van der Waals surface area (Å²) in [6, 6.07) is 2.44. The normalized spacial score (nSPS) is 13.3. The molecule has 0 heterocycles. The highest BCUT2D eigenvalue weighted by molar-refractivity contribution is 5.92. The Kier molecular flexibility index (Phi) is 9.30. The fourth-order valence-electron chi connectivity index (χ4n) is 2.99. The molecule has 0 bridgehead atoms. The number of carbonyl (C=O) groups excluding carboxylic acids is 3. The van der Waals surface area contributed by atoms with Crippen LogP contribution < -0.4 is 10.6 Å². The summed E-state index contributed by atoms with van der Waals surface area (Å²) < 4.78 is 5.19. The van der Waals surface area contributed by atoms with E-state index in [0.29, 0.717) is 5.56 Å². The number of nitrogens with zero attached hydrogens (tertiary/aromatic N) is 1. The van der Waals surface area contributed by atoms with Crippen LogP contribution in [0.4, 0.5) is 4.79 Å².